The SMILES string of the molecule is COc1ccc(-c2nc(CSc3nncn3-c3cccc(Cl)c3)cs2)cc1. The number of hydrogen-bond donors (Lipinski definition) is 0. The minimum absolute atomic E-state index is 0.681. The second-order valence-electron chi connectivity index (χ2n) is 5.62. The predicted molar refractivity (Wildman–Crippen MR) is 110 cm³/mol. The summed E-state index contributed by atoms with van der Waals surface area (Å²) in [7, 11) is 1.66. The van der Waals surface area contributed by atoms with Gasteiger partial charge in [0.2, 0.25) is 0 Å². The van der Waals surface area contributed by atoms with Gasteiger partial charge in [-0.15, -0.1) is 21.5 Å². The van der Waals surface area contributed by atoms with E-state index in [1.54, 1.807) is 36.5 Å². The van der Waals surface area contributed by atoms with E-state index in [1.807, 2.05) is 53.1 Å². The van der Waals surface area contributed by atoms with Crippen LogP contribution in [0.1, 0.15) is 5.69 Å². The van der Waals surface area contributed by atoms with Crippen LogP contribution in [-0.2, 0) is 5.75 Å². The fourth-order valence-corrected chi connectivity index (χ4v) is 4.44. The van der Waals surface area contributed by atoms with E-state index in [1.165, 1.54) is 0 Å². The number of thiazole rings is 1. The summed E-state index contributed by atoms with van der Waals surface area (Å²) in [6, 6.07) is 15.5. The van der Waals surface area contributed by atoms with Crippen LogP contribution in [0.15, 0.2) is 65.4 Å². The monoisotopic (exact) mass is 414 g/mol. The number of benzene rings is 2. The van der Waals surface area contributed by atoms with E-state index in [0.717, 1.165) is 32.9 Å². The zero-order chi connectivity index (χ0) is 18.6. The summed E-state index contributed by atoms with van der Waals surface area (Å²) < 4.78 is 7.13. The molecule has 5 nitrogen and oxygen atoms in total. The van der Waals surface area contributed by atoms with Crippen molar-refractivity contribution in [1.29, 1.82) is 0 Å². The standard InChI is InChI=1S/C19H15ClN4OS2/c1-25-17-7-5-13(6-8-17)18-22-15(10-26-18)11-27-19-23-21-12-24(19)16-4-2-3-14(20)9-16/h2-10,12H,11H2,1H3. The molecule has 0 atom stereocenters. The first-order valence-electron chi connectivity index (χ1n) is 8.10. The minimum Gasteiger partial charge on any atom is -0.497 e. The maximum atomic E-state index is 6.09. The fourth-order valence-electron chi connectivity index (χ4n) is 2.50. The van der Waals surface area contributed by atoms with Crippen molar-refractivity contribution in [2.24, 2.45) is 0 Å². The normalized spacial score (nSPS) is 10.9. The number of ether oxygens (including phenoxy) is 1. The van der Waals surface area contributed by atoms with Crippen molar-refractivity contribution in [1.82, 2.24) is 19.7 Å². The highest BCUT2D eigenvalue weighted by molar-refractivity contribution is 7.98. The molecule has 0 fully saturated rings. The smallest absolute Gasteiger partial charge is 0.195 e. The van der Waals surface area contributed by atoms with Crippen LogP contribution in [0.2, 0.25) is 5.02 Å². The van der Waals surface area contributed by atoms with Crippen LogP contribution >= 0.6 is 34.7 Å². The lowest BCUT2D eigenvalue weighted by Gasteiger charge is -2.05. The van der Waals surface area contributed by atoms with Crippen LogP contribution in [0.25, 0.3) is 16.3 Å². The molecular weight excluding hydrogens is 400 g/mol. The van der Waals surface area contributed by atoms with Crippen molar-refractivity contribution in [3.63, 3.8) is 0 Å². The van der Waals surface area contributed by atoms with E-state index in [4.69, 9.17) is 21.3 Å². The Labute approximate surface area is 170 Å². The van der Waals surface area contributed by atoms with Crippen molar-refractivity contribution in [3.05, 3.63) is 71.0 Å². The third-order valence-corrected chi connectivity index (χ3v) is 5.99. The van der Waals surface area contributed by atoms with E-state index in [9.17, 15) is 0 Å². The van der Waals surface area contributed by atoms with Crippen LogP contribution in [0.4, 0.5) is 0 Å². The highest BCUT2D eigenvalue weighted by Gasteiger charge is 2.10. The molecule has 4 rings (SSSR count). The Hall–Kier alpha value is -2.35. The molecule has 0 aliphatic rings. The average molecular weight is 415 g/mol. The molecule has 0 N–H and O–H groups in total. The lowest BCUT2D eigenvalue weighted by Crippen LogP contribution is -1.95. The van der Waals surface area contributed by atoms with Gasteiger partial charge >= 0.3 is 0 Å². The molecule has 0 aliphatic heterocycles. The minimum atomic E-state index is 0.681. The maximum absolute atomic E-state index is 6.09. The van der Waals surface area contributed by atoms with Gasteiger partial charge in [-0.05, 0) is 42.5 Å². The van der Waals surface area contributed by atoms with E-state index in [0.29, 0.717) is 10.8 Å². The van der Waals surface area contributed by atoms with E-state index >= 15 is 0 Å². The van der Waals surface area contributed by atoms with Crippen LogP contribution in [0.3, 0.4) is 0 Å². The number of aromatic nitrogens is 4. The summed E-state index contributed by atoms with van der Waals surface area (Å²) >= 11 is 9.31. The lowest BCUT2D eigenvalue weighted by atomic mass is 10.2. The number of methoxy groups -OCH3 is 1. The van der Waals surface area contributed by atoms with Crippen molar-refractivity contribution in [2.75, 3.05) is 7.11 Å². The van der Waals surface area contributed by atoms with Crippen LogP contribution in [0.5, 0.6) is 5.75 Å². The number of hydrogen-bond acceptors (Lipinski definition) is 6. The highest BCUT2D eigenvalue weighted by Crippen LogP contribution is 2.29. The molecule has 0 amide bonds. The van der Waals surface area contributed by atoms with Gasteiger partial charge in [-0.25, -0.2) is 4.98 Å². The Kier molecular flexibility index (Phi) is 5.42. The molecule has 0 radical (unpaired) electrons. The zero-order valence-corrected chi connectivity index (χ0v) is 16.8. The zero-order valence-electron chi connectivity index (χ0n) is 14.4. The molecule has 0 bridgehead atoms. The first kappa shape index (κ1) is 18.0. The quantitative estimate of drug-likeness (QED) is 0.398. The van der Waals surface area contributed by atoms with Gasteiger partial charge in [-0.3, -0.25) is 4.57 Å². The summed E-state index contributed by atoms with van der Waals surface area (Å²) in [4.78, 5) is 4.73. The van der Waals surface area contributed by atoms with Gasteiger partial charge in [0.25, 0.3) is 0 Å². The van der Waals surface area contributed by atoms with Crippen molar-refractivity contribution >= 4 is 34.7 Å². The van der Waals surface area contributed by atoms with Gasteiger partial charge in [0.1, 0.15) is 17.1 Å². The van der Waals surface area contributed by atoms with Gasteiger partial charge in [-0.1, -0.05) is 29.4 Å². The lowest BCUT2D eigenvalue weighted by molar-refractivity contribution is 0.415. The first-order chi connectivity index (χ1) is 13.2. The van der Waals surface area contributed by atoms with Crippen LogP contribution in [-0.4, -0.2) is 26.9 Å². The first-order valence-corrected chi connectivity index (χ1v) is 10.3. The Morgan fingerprint density at radius 1 is 1.19 bits per heavy atom. The fraction of sp³-hybridized carbons (Fsp3) is 0.105. The van der Waals surface area contributed by atoms with Crippen molar-refractivity contribution in [2.45, 2.75) is 10.9 Å². The summed E-state index contributed by atoms with van der Waals surface area (Å²) in [6.07, 6.45) is 1.69. The van der Waals surface area contributed by atoms with Gasteiger partial charge in [0.05, 0.1) is 18.5 Å². The Bertz CT molecular complexity index is 1050. The van der Waals surface area contributed by atoms with E-state index in [-0.39, 0.29) is 0 Å². The molecule has 0 aliphatic carbocycles. The molecule has 0 unspecified atom stereocenters. The molecule has 0 spiro atoms. The largest absolute Gasteiger partial charge is 0.497 e. The highest BCUT2D eigenvalue weighted by atomic mass is 35.5. The van der Waals surface area contributed by atoms with Crippen molar-refractivity contribution < 1.29 is 4.74 Å². The van der Waals surface area contributed by atoms with Gasteiger partial charge < -0.3 is 4.74 Å². The summed E-state index contributed by atoms with van der Waals surface area (Å²) in [5.41, 5.74) is 3.03. The Morgan fingerprint density at radius 3 is 2.81 bits per heavy atom. The third kappa shape index (κ3) is 4.16. The molecule has 2 aromatic heterocycles. The molecule has 27 heavy (non-hydrogen) atoms. The molecule has 8 heteroatoms. The molecule has 0 saturated carbocycles. The molecule has 136 valence electrons. The second kappa shape index (κ2) is 8.12. The molecule has 2 heterocycles. The number of rotatable bonds is 6. The summed E-state index contributed by atoms with van der Waals surface area (Å²) in [5, 5.41) is 12.8. The van der Waals surface area contributed by atoms with Gasteiger partial charge in [0.15, 0.2) is 5.16 Å². The number of nitrogens with zero attached hydrogens (tertiary/aromatic N) is 4. The van der Waals surface area contributed by atoms with Gasteiger partial charge in [-0.2, -0.15) is 0 Å². The molecule has 4 aromatic rings. The summed E-state index contributed by atoms with van der Waals surface area (Å²) in [5.74, 6) is 1.55. The van der Waals surface area contributed by atoms with E-state index < -0.39 is 0 Å². The number of halogens is 1. The predicted octanol–water partition coefficient (Wildman–Crippen LogP) is 5.35. The maximum Gasteiger partial charge on any atom is 0.195 e. The second-order valence-corrected chi connectivity index (χ2v) is 7.86. The topological polar surface area (TPSA) is 52.8 Å². The number of thioether (sulfide) groups is 1. The summed E-state index contributed by atoms with van der Waals surface area (Å²) in [6.45, 7) is 0. The van der Waals surface area contributed by atoms with E-state index in [2.05, 4.69) is 15.6 Å². The Morgan fingerprint density at radius 2 is 2.04 bits per heavy atom. The molecular formula is C19H15ClN4OS2. The third-order valence-electron chi connectivity index (χ3n) is 3.84. The van der Waals surface area contributed by atoms with Crippen LogP contribution in [0, 0.1) is 0 Å². The molecule has 0 saturated heterocycles. The Balaban J connectivity index is 1.47. The van der Waals surface area contributed by atoms with Crippen molar-refractivity contribution in [3.8, 4) is 22.0 Å². The van der Waals surface area contributed by atoms with Gasteiger partial charge in [0, 0.05) is 21.7 Å². The van der Waals surface area contributed by atoms with Crippen LogP contribution < -0.4 is 4.74 Å². The average Bonchev–Trinajstić information content (AvgIpc) is 3.36. The molecule has 2 aromatic carbocycles.